The summed E-state index contributed by atoms with van der Waals surface area (Å²) in [6, 6.07) is 17.4. The smallest absolute Gasteiger partial charge is 0.416 e. The summed E-state index contributed by atoms with van der Waals surface area (Å²) in [5, 5.41) is 18.5. The molecule has 4 rings (SSSR count). The number of aryl methyl sites for hydroxylation is 1. The average molecular weight is 580 g/mol. The molecule has 0 spiro atoms. The van der Waals surface area contributed by atoms with Gasteiger partial charge in [-0.2, -0.15) is 13.2 Å². The summed E-state index contributed by atoms with van der Waals surface area (Å²) >= 11 is 0. The molecule has 0 saturated carbocycles. The highest BCUT2D eigenvalue weighted by molar-refractivity contribution is 5.80. The molecule has 3 aromatic carbocycles. The molecule has 1 fully saturated rings. The van der Waals surface area contributed by atoms with Crippen LogP contribution in [-0.2, 0) is 11.0 Å². The first-order valence-corrected chi connectivity index (χ1v) is 13.5. The Morgan fingerprint density at radius 3 is 2.43 bits per heavy atom. The van der Waals surface area contributed by atoms with Crippen LogP contribution >= 0.6 is 0 Å². The van der Waals surface area contributed by atoms with Crippen molar-refractivity contribution in [3.63, 3.8) is 0 Å². The lowest BCUT2D eigenvalue weighted by molar-refractivity contribution is -0.139. The summed E-state index contributed by atoms with van der Waals surface area (Å²) in [4.78, 5) is 13.0. The number of nitrogens with zero attached hydrogens (tertiary/aromatic N) is 1. The summed E-state index contributed by atoms with van der Waals surface area (Å²) in [6.45, 7) is 3.60. The van der Waals surface area contributed by atoms with Crippen LogP contribution in [0.3, 0.4) is 0 Å². The highest BCUT2D eigenvalue weighted by Gasteiger charge is 2.30. The van der Waals surface area contributed by atoms with Crippen molar-refractivity contribution in [2.45, 2.75) is 32.0 Å². The number of benzene rings is 3. The molecule has 220 valence electrons. The van der Waals surface area contributed by atoms with Crippen molar-refractivity contribution < 1.29 is 37.7 Å². The van der Waals surface area contributed by atoms with E-state index in [0.717, 1.165) is 43.6 Å². The molecule has 2 N–H and O–H groups in total. The Balaban J connectivity index is 1.52. The molecule has 1 heterocycles. The third-order valence-electron chi connectivity index (χ3n) is 6.82. The molecule has 3 aromatic rings. The topological polar surface area (TPSA) is 79.2 Å². The van der Waals surface area contributed by atoms with Crippen LogP contribution in [0, 0.1) is 18.8 Å². The van der Waals surface area contributed by atoms with E-state index < -0.39 is 24.3 Å². The number of carboxylic acid groups (broad SMARTS) is 1. The number of hydrogen-bond donors (Lipinski definition) is 2. The van der Waals surface area contributed by atoms with E-state index >= 15 is 0 Å². The minimum Gasteiger partial charge on any atom is -0.489 e. The molecule has 0 aliphatic carbocycles. The van der Waals surface area contributed by atoms with Gasteiger partial charge >= 0.3 is 12.1 Å². The summed E-state index contributed by atoms with van der Waals surface area (Å²) in [6.07, 6.45) is -1.49. The highest BCUT2D eigenvalue weighted by Crippen LogP contribution is 2.33. The number of aliphatic hydroxyl groups is 1. The van der Waals surface area contributed by atoms with Gasteiger partial charge in [-0.25, -0.2) is 4.79 Å². The van der Waals surface area contributed by atoms with E-state index in [1.165, 1.54) is 6.07 Å². The molecule has 0 radical (unpaired) electrons. The van der Waals surface area contributed by atoms with Gasteiger partial charge in [-0.05, 0) is 90.6 Å². The second-order valence-corrected chi connectivity index (χ2v) is 10.0. The number of aliphatic hydroxyl groups excluding tert-OH is 1. The molecule has 6 nitrogen and oxygen atoms in total. The van der Waals surface area contributed by atoms with Crippen LogP contribution in [0.15, 0.2) is 72.8 Å². The van der Waals surface area contributed by atoms with Crippen LogP contribution in [0.25, 0.3) is 5.57 Å². The van der Waals surface area contributed by atoms with Crippen LogP contribution in [0.4, 0.5) is 13.2 Å². The Hall–Kier alpha value is -4.26. The summed E-state index contributed by atoms with van der Waals surface area (Å²) in [7, 11) is 0. The van der Waals surface area contributed by atoms with E-state index in [1.54, 1.807) is 37.3 Å². The second kappa shape index (κ2) is 14.1. The van der Waals surface area contributed by atoms with Crippen LogP contribution in [-0.4, -0.2) is 60.0 Å². The van der Waals surface area contributed by atoms with E-state index in [1.807, 2.05) is 24.3 Å². The normalized spacial score (nSPS) is 14.6. The van der Waals surface area contributed by atoms with Gasteiger partial charge in [0.2, 0.25) is 0 Å². The lowest BCUT2D eigenvalue weighted by Gasteiger charge is -2.27. The van der Waals surface area contributed by atoms with Crippen molar-refractivity contribution in [1.29, 1.82) is 0 Å². The van der Waals surface area contributed by atoms with Gasteiger partial charge in [0, 0.05) is 18.7 Å². The number of hydrogen-bond acceptors (Lipinski definition) is 5. The maximum Gasteiger partial charge on any atom is 0.416 e. The van der Waals surface area contributed by atoms with E-state index in [4.69, 9.17) is 14.6 Å². The molecule has 0 amide bonds. The van der Waals surface area contributed by atoms with Gasteiger partial charge in [-0.3, -0.25) is 4.90 Å². The maximum absolute atomic E-state index is 13.5. The Bertz CT molecular complexity index is 1460. The molecule has 42 heavy (non-hydrogen) atoms. The SMILES string of the molecule is Cc1cc(OC/C=C(\c2ccc(C#CCN3CCC(O)CC3)cc2)c2cccc(C(F)(F)F)c2)ccc1OCC(=O)O. The number of carboxylic acids is 1. The van der Waals surface area contributed by atoms with E-state index in [9.17, 15) is 23.1 Å². The number of piperidine rings is 1. The van der Waals surface area contributed by atoms with Crippen molar-refractivity contribution in [1.82, 2.24) is 4.90 Å². The standard InChI is InChI=1S/C33H32F3NO5/c1-23-20-29(11-12-31(23)42-22-32(39)40)41-19-15-30(26-5-2-6-27(21-26)33(34,35)36)25-9-7-24(8-10-25)4-3-16-37-17-13-28(38)14-18-37/h2,5-12,15,20-21,28,38H,13-14,16-19,22H2,1H3,(H,39,40)/b30-15+. The lowest BCUT2D eigenvalue weighted by atomic mass is 9.95. The van der Waals surface area contributed by atoms with E-state index in [0.29, 0.717) is 40.3 Å². The zero-order valence-corrected chi connectivity index (χ0v) is 23.2. The monoisotopic (exact) mass is 579 g/mol. The van der Waals surface area contributed by atoms with Gasteiger partial charge < -0.3 is 19.7 Å². The molecule has 1 saturated heterocycles. The zero-order chi connectivity index (χ0) is 30.1. The van der Waals surface area contributed by atoms with E-state index in [2.05, 4.69) is 16.7 Å². The van der Waals surface area contributed by atoms with Crippen LogP contribution in [0.2, 0.25) is 0 Å². The highest BCUT2D eigenvalue weighted by atomic mass is 19.4. The largest absolute Gasteiger partial charge is 0.489 e. The third kappa shape index (κ3) is 8.87. The Kier molecular flexibility index (Phi) is 10.3. The van der Waals surface area contributed by atoms with Gasteiger partial charge in [-0.1, -0.05) is 36.1 Å². The Morgan fingerprint density at radius 2 is 1.76 bits per heavy atom. The molecular weight excluding hydrogens is 547 g/mol. The van der Waals surface area contributed by atoms with Crippen molar-refractivity contribution in [2.24, 2.45) is 0 Å². The van der Waals surface area contributed by atoms with Crippen molar-refractivity contribution in [3.05, 3.63) is 101 Å². The fourth-order valence-corrected chi connectivity index (χ4v) is 4.56. The summed E-state index contributed by atoms with van der Waals surface area (Å²) in [5.74, 6) is 6.14. The second-order valence-electron chi connectivity index (χ2n) is 10.0. The van der Waals surface area contributed by atoms with Gasteiger partial charge in [0.1, 0.15) is 18.1 Å². The van der Waals surface area contributed by atoms with Gasteiger partial charge in [0.25, 0.3) is 0 Å². The van der Waals surface area contributed by atoms with Crippen molar-refractivity contribution >= 4 is 11.5 Å². The minimum absolute atomic E-state index is 0.0758. The number of carbonyl (C=O) groups is 1. The van der Waals surface area contributed by atoms with Crippen molar-refractivity contribution in [2.75, 3.05) is 32.8 Å². The predicted molar refractivity (Wildman–Crippen MR) is 153 cm³/mol. The molecule has 9 heteroatoms. The van der Waals surface area contributed by atoms with Gasteiger partial charge in [0.05, 0.1) is 18.2 Å². The first-order chi connectivity index (χ1) is 20.1. The summed E-state index contributed by atoms with van der Waals surface area (Å²) in [5.41, 5.74) is 2.41. The number of halogens is 3. The molecular formula is C33H32F3NO5. The number of likely N-dealkylation sites (tertiary alicyclic amines) is 1. The number of ether oxygens (including phenoxy) is 2. The Morgan fingerprint density at radius 1 is 1.02 bits per heavy atom. The maximum atomic E-state index is 13.5. The lowest BCUT2D eigenvalue weighted by Crippen LogP contribution is -2.35. The number of alkyl halides is 3. The minimum atomic E-state index is -4.48. The van der Waals surface area contributed by atoms with Gasteiger partial charge in [0.15, 0.2) is 6.61 Å². The van der Waals surface area contributed by atoms with Crippen molar-refractivity contribution in [3.8, 4) is 23.3 Å². The quantitative estimate of drug-likeness (QED) is 0.312. The first kappa shape index (κ1) is 30.7. The molecule has 0 bridgehead atoms. The fourth-order valence-electron chi connectivity index (χ4n) is 4.56. The predicted octanol–water partition coefficient (Wildman–Crippen LogP) is 5.80. The molecule has 0 unspecified atom stereocenters. The molecule has 1 aliphatic rings. The fraction of sp³-hybridized carbons (Fsp3) is 0.303. The van der Waals surface area contributed by atoms with E-state index in [-0.39, 0.29) is 12.7 Å². The Labute approximate surface area is 243 Å². The summed E-state index contributed by atoms with van der Waals surface area (Å²) < 4.78 is 51.6. The number of rotatable bonds is 9. The average Bonchev–Trinajstić information content (AvgIpc) is 2.96. The molecule has 0 aromatic heterocycles. The van der Waals surface area contributed by atoms with Crippen LogP contribution in [0.1, 0.15) is 40.7 Å². The van der Waals surface area contributed by atoms with Crippen LogP contribution in [0.5, 0.6) is 11.5 Å². The zero-order valence-electron chi connectivity index (χ0n) is 23.2. The van der Waals surface area contributed by atoms with Gasteiger partial charge in [-0.15, -0.1) is 0 Å². The van der Waals surface area contributed by atoms with Crippen LogP contribution < -0.4 is 9.47 Å². The first-order valence-electron chi connectivity index (χ1n) is 13.5. The molecule has 1 aliphatic heterocycles. The molecule has 0 atom stereocenters. The number of aliphatic carboxylic acids is 1. The third-order valence-corrected chi connectivity index (χ3v) is 6.82.